The van der Waals surface area contributed by atoms with Crippen molar-refractivity contribution in [2.45, 2.75) is 6.92 Å². The summed E-state index contributed by atoms with van der Waals surface area (Å²) in [5, 5.41) is 2.95. The first-order valence-electron chi connectivity index (χ1n) is 4.33. The van der Waals surface area contributed by atoms with Gasteiger partial charge in [-0.2, -0.15) is 0 Å². The average molecular weight is 214 g/mol. The molecule has 78 valence electrons. The molecule has 0 saturated carbocycles. The molecule has 0 unspecified atom stereocenters. The molecule has 1 aromatic heterocycles. The normalized spacial score (nSPS) is 11.3. The molecular weight excluding hydrogens is 200 g/mol. The van der Waals surface area contributed by atoms with Crippen molar-refractivity contribution in [3.8, 4) is 0 Å². The largest absolute Gasteiger partial charge is 0.369 e. The van der Waals surface area contributed by atoms with Crippen LogP contribution in [0.3, 0.4) is 0 Å². The molecule has 0 aliphatic heterocycles. The number of hydrogen-bond acceptors (Lipinski definition) is 4. The zero-order valence-electron chi connectivity index (χ0n) is 8.32. The van der Waals surface area contributed by atoms with Gasteiger partial charge in [-0.15, -0.1) is 0 Å². The average Bonchev–Trinajstić information content (AvgIpc) is 2.01. The van der Waals surface area contributed by atoms with Crippen molar-refractivity contribution in [2.75, 3.05) is 23.9 Å². The van der Waals surface area contributed by atoms with Gasteiger partial charge in [0.1, 0.15) is 15.7 Å². The summed E-state index contributed by atoms with van der Waals surface area (Å²) < 4.78 is 21.7. The molecule has 1 rings (SSSR count). The van der Waals surface area contributed by atoms with E-state index in [1.54, 1.807) is 0 Å². The molecule has 0 atom stereocenters. The van der Waals surface area contributed by atoms with Crippen LogP contribution >= 0.6 is 0 Å². The minimum absolute atomic E-state index is 0.128. The van der Waals surface area contributed by atoms with Crippen molar-refractivity contribution in [3.63, 3.8) is 0 Å². The second-order valence-electron chi connectivity index (χ2n) is 3.22. The van der Waals surface area contributed by atoms with E-state index in [4.69, 9.17) is 0 Å². The van der Waals surface area contributed by atoms with Crippen molar-refractivity contribution >= 4 is 15.7 Å². The van der Waals surface area contributed by atoms with Gasteiger partial charge < -0.3 is 5.32 Å². The van der Waals surface area contributed by atoms with Crippen LogP contribution in [0.2, 0.25) is 0 Å². The van der Waals surface area contributed by atoms with Crippen molar-refractivity contribution in [1.29, 1.82) is 0 Å². The number of hydrogen-bond donors (Lipinski definition) is 1. The van der Waals surface area contributed by atoms with Gasteiger partial charge in [-0.1, -0.05) is 6.07 Å². The van der Waals surface area contributed by atoms with Gasteiger partial charge in [-0.3, -0.25) is 0 Å². The maximum atomic E-state index is 10.8. The smallest absolute Gasteiger partial charge is 0.149 e. The zero-order chi connectivity index (χ0) is 10.6. The molecule has 0 spiro atoms. The third-order valence-corrected chi connectivity index (χ3v) is 2.61. The molecule has 4 nitrogen and oxygen atoms in total. The van der Waals surface area contributed by atoms with Crippen LogP contribution in [0.1, 0.15) is 5.69 Å². The molecule has 0 radical (unpaired) electrons. The number of rotatable bonds is 4. The van der Waals surface area contributed by atoms with Crippen LogP contribution in [0.15, 0.2) is 18.2 Å². The van der Waals surface area contributed by atoms with Crippen molar-refractivity contribution in [2.24, 2.45) is 0 Å². The minimum atomic E-state index is -2.89. The SMILES string of the molecule is Cc1cccc(NCCS(C)(=O)=O)n1. The molecule has 1 N–H and O–H groups in total. The number of sulfone groups is 1. The summed E-state index contributed by atoms with van der Waals surface area (Å²) in [7, 11) is -2.89. The van der Waals surface area contributed by atoms with Gasteiger partial charge in [0.15, 0.2) is 0 Å². The fraction of sp³-hybridized carbons (Fsp3) is 0.444. The molecular formula is C9H14N2O2S. The van der Waals surface area contributed by atoms with Gasteiger partial charge in [-0.25, -0.2) is 13.4 Å². The molecule has 0 fully saturated rings. The van der Waals surface area contributed by atoms with Crippen LogP contribution in [-0.4, -0.2) is 32.0 Å². The van der Waals surface area contributed by atoms with Gasteiger partial charge in [0.2, 0.25) is 0 Å². The van der Waals surface area contributed by atoms with E-state index in [1.165, 1.54) is 6.26 Å². The lowest BCUT2D eigenvalue weighted by atomic mass is 10.4. The van der Waals surface area contributed by atoms with Gasteiger partial charge >= 0.3 is 0 Å². The van der Waals surface area contributed by atoms with Crippen LogP contribution in [-0.2, 0) is 9.84 Å². The Balaban J connectivity index is 2.47. The zero-order valence-corrected chi connectivity index (χ0v) is 9.13. The third-order valence-electron chi connectivity index (χ3n) is 1.67. The quantitative estimate of drug-likeness (QED) is 0.807. The number of nitrogens with one attached hydrogen (secondary N) is 1. The van der Waals surface area contributed by atoms with Crippen LogP contribution in [0.5, 0.6) is 0 Å². The Labute approximate surface area is 84.3 Å². The van der Waals surface area contributed by atoms with E-state index >= 15 is 0 Å². The fourth-order valence-corrected chi connectivity index (χ4v) is 1.48. The van der Waals surface area contributed by atoms with Gasteiger partial charge in [0.05, 0.1) is 5.75 Å². The number of aryl methyl sites for hydroxylation is 1. The van der Waals surface area contributed by atoms with E-state index in [1.807, 2.05) is 25.1 Å². The highest BCUT2D eigenvalue weighted by Crippen LogP contribution is 2.02. The summed E-state index contributed by atoms with van der Waals surface area (Å²) in [6.45, 7) is 2.29. The Bertz CT molecular complexity index is 401. The van der Waals surface area contributed by atoms with Crippen molar-refractivity contribution in [3.05, 3.63) is 23.9 Å². The van der Waals surface area contributed by atoms with Gasteiger partial charge in [-0.05, 0) is 19.1 Å². The summed E-state index contributed by atoms with van der Waals surface area (Å²) in [5.74, 6) is 0.844. The number of aromatic nitrogens is 1. The first-order chi connectivity index (χ1) is 6.47. The van der Waals surface area contributed by atoms with E-state index < -0.39 is 9.84 Å². The first-order valence-corrected chi connectivity index (χ1v) is 6.39. The minimum Gasteiger partial charge on any atom is -0.369 e. The highest BCUT2D eigenvalue weighted by Gasteiger charge is 2.01. The number of nitrogens with zero attached hydrogens (tertiary/aromatic N) is 1. The number of anilines is 1. The lowest BCUT2D eigenvalue weighted by Crippen LogP contribution is -2.14. The van der Waals surface area contributed by atoms with Crippen molar-refractivity contribution in [1.82, 2.24) is 4.98 Å². The Hall–Kier alpha value is -1.10. The maximum absolute atomic E-state index is 10.8. The van der Waals surface area contributed by atoms with E-state index in [9.17, 15) is 8.42 Å². The van der Waals surface area contributed by atoms with Crippen LogP contribution in [0.4, 0.5) is 5.82 Å². The predicted octanol–water partition coefficient (Wildman–Crippen LogP) is 0.847. The van der Waals surface area contributed by atoms with E-state index in [2.05, 4.69) is 10.3 Å². The molecule has 0 bridgehead atoms. The van der Waals surface area contributed by atoms with Crippen LogP contribution < -0.4 is 5.32 Å². The number of pyridine rings is 1. The summed E-state index contributed by atoms with van der Waals surface area (Å²) in [5.41, 5.74) is 0.911. The Kier molecular flexibility index (Phi) is 3.46. The summed E-state index contributed by atoms with van der Waals surface area (Å²) in [6.07, 6.45) is 1.22. The Morgan fingerprint density at radius 1 is 1.43 bits per heavy atom. The molecule has 1 heterocycles. The molecule has 0 aliphatic rings. The molecule has 1 aromatic rings. The van der Waals surface area contributed by atoms with Gasteiger partial charge in [0.25, 0.3) is 0 Å². The Morgan fingerprint density at radius 2 is 2.14 bits per heavy atom. The fourth-order valence-electron chi connectivity index (χ4n) is 1.01. The van der Waals surface area contributed by atoms with Crippen molar-refractivity contribution < 1.29 is 8.42 Å². The summed E-state index contributed by atoms with van der Waals surface area (Å²) in [4.78, 5) is 4.19. The monoisotopic (exact) mass is 214 g/mol. The first kappa shape index (κ1) is 11.0. The summed E-state index contributed by atoms with van der Waals surface area (Å²) >= 11 is 0. The molecule has 0 saturated heterocycles. The molecule has 0 aromatic carbocycles. The van der Waals surface area contributed by atoms with E-state index in [0.717, 1.165) is 5.69 Å². The Morgan fingerprint density at radius 3 is 2.71 bits per heavy atom. The molecule has 0 amide bonds. The lowest BCUT2D eigenvalue weighted by molar-refractivity contribution is 0.602. The third kappa shape index (κ3) is 4.23. The molecule has 0 aliphatic carbocycles. The van der Waals surface area contributed by atoms with E-state index in [0.29, 0.717) is 12.4 Å². The lowest BCUT2D eigenvalue weighted by Gasteiger charge is -2.04. The summed E-state index contributed by atoms with van der Waals surface area (Å²) in [6, 6.07) is 5.59. The van der Waals surface area contributed by atoms with Crippen LogP contribution in [0, 0.1) is 6.92 Å². The maximum Gasteiger partial charge on any atom is 0.149 e. The standard InChI is InChI=1S/C9H14N2O2S/c1-8-4-3-5-9(11-8)10-6-7-14(2,12)13/h3-5H,6-7H2,1-2H3,(H,10,11). The van der Waals surface area contributed by atoms with Crippen LogP contribution in [0.25, 0.3) is 0 Å². The second-order valence-corrected chi connectivity index (χ2v) is 5.48. The topological polar surface area (TPSA) is 59.1 Å². The highest BCUT2D eigenvalue weighted by molar-refractivity contribution is 7.90. The second kappa shape index (κ2) is 4.41. The predicted molar refractivity (Wildman–Crippen MR) is 57.2 cm³/mol. The molecule has 5 heteroatoms. The van der Waals surface area contributed by atoms with E-state index in [-0.39, 0.29) is 5.75 Å². The van der Waals surface area contributed by atoms with Gasteiger partial charge in [0, 0.05) is 18.5 Å². The molecule has 14 heavy (non-hydrogen) atoms. The highest BCUT2D eigenvalue weighted by atomic mass is 32.2.